The number of rotatable bonds is 4. The molecular formula is C16H27N3S2. The zero-order chi connectivity index (χ0) is 15.6. The van der Waals surface area contributed by atoms with E-state index in [1.54, 1.807) is 0 Å². The molecule has 1 fully saturated rings. The van der Waals surface area contributed by atoms with Crippen molar-refractivity contribution in [1.29, 1.82) is 0 Å². The second-order valence-corrected chi connectivity index (χ2v) is 9.13. The van der Waals surface area contributed by atoms with Gasteiger partial charge in [0.25, 0.3) is 0 Å². The van der Waals surface area contributed by atoms with Crippen molar-refractivity contribution in [2.24, 2.45) is 0 Å². The van der Waals surface area contributed by atoms with Crippen LogP contribution in [0.1, 0.15) is 55.7 Å². The van der Waals surface area contributed by atoms with Crippen LogP contribution >= 0.6 is 23.5 Å². The maximum Gasteiger partial charge on any atom is 0.142 e. The highest BCUT2D eigenvalue weighted by Crippen LogP contribution is 2.43. The van der Waals surface area contributed by atoms with E-state index in [9.17, 15) is 0 Å². The number of thioether (sulfide) groups is 2. The fourth-order valence-electron chi connectivity index (χ4n) is 2.39. The molecule has 0 amide bonds. The van der Waals surface area contributed by atoms with Gasteiger partial charge in [0, 0.05) is 45.8 Å². The first-order chi connectivity index (χ1) is 9.88. The molecule has 1 aliphatic heterocycles. The minimum Gasteiger partial charge on any atom is -0.310 e. The molecule has 0 aliphatic carbocycles. The molecule has 0 bridgehead atoms. The Hall–Kier alpha value is -0.260. The molecule has 2 rings (SSSR count). The van der Waals surface area contributed by atoms with Gasteiger partial charge in [0.1, 0.15) is 5.82 Å². The molecule has 1 aromatic rings. The SMILES string of the molecule is Cc1nc(C2CSC(C)C(C)S2)nc(C)c1CNC(C)C. The summed E-state index contributed by atoms with van der Waals surface area (Å²) in [6.45, 7) is 14.0. The van der Waals surface area contributed by atoms with Gasteiger partial charge in [-0.15, -0.1) is 11.8 Å². The van der Waals surface area contributed by atoms with Crippen molar-refractivity contribution >= 4 is 23.5 Å². The summed E-state index contributed by atoms with van der Waals surface area (Å²) in [6.07, 6.45) is 0. The number of nitrogens with one attached hydrogen (secondary N) is 1. The second kappa shape index (κ2) is 7.34. The number of hydrogen-bond acceptors (Lipinski definition) is 5. The Morgan fingerprint density at radius 1 is 1.14 bits per heavy atom. The predicted molar refractivity (Wildman–Crippen MR) is 95.2 cm³/mol. The highest BCUT2D eigenvalue weighted by atomic mass is 32.2. The average molecular weight is 326 g/mol. The second-order valence-electron chi connectivity index (χ2n) is 6.14. The molecule has 1 aromatic heterocycles. The van der Waals surface area contributed by atoms with Crippen molar-refractivity contribution in [3.63, 3.8) is 0 Å². The molecule has 3 nitrogen and oxygen atoms in total. The molecule has 2 heterocycles. The van der Waals surface area contributed by atoms with Crippen LogP contribution in [0.3, 0.4) is 0 Å². The van der Waals surface area contributed by atoms with Gasteiger partial charge in [0.2, 0.25) is 0 Å². The van der Waals surface area contributed by atoms with Crippen LogP contribution in [0.15, 0.2) is 0 Å². The lowest BCUT2D eigenvalue weighted by atomic mass is 10.1. The van der Waals surface area contributed by atoms with Crippen molar-refractivity contribution in [1.82, 2.24) is 15.3 Å². The zero-order valence-electron chi connectivity index (χ0n) is 13.9. The van der Waals surface area contributed by atoms with Gasteiger partial charge in [0.05, 0.1) is 5.25 Å². The summed E-state index contributed by atoms with van der Waals surface area (Å²) in [4.78, 5) is 9.62. The Morgan fingerprint density at radius 3 is 2.29 bits per heavy atom. The normalized spacial score (nSPS) is 26.3. The number of aromatic nitrogens is 2. The van der Waals surface area contributed by atoms with Crippen LogP contribution in [0.2, 0.25) is 0 Å². The average Bonchev–Trinajstić information content (AvgIpc) is 2.40. The summed E-state index contributed by atoms with van der Waals surface area (Å²) in [5.41, 5.74) is 3.51. The van der Waals surface area contributed by atoms with Crippen molar-refractivity contribution in [3.8, 4) is 0 Å². The van der Waals surface area contributed by atoms with Gasteiger partial charge in [-0.1, -0.05) is 27.7 Å². The lowest BCUT2D eigenvalue weighted by Crippen LogP contribution is -2.25. The van der Waals surface area contributed by atoms with Gasteiger partial charge in [-0.3, -0.25) is 0 Å². The van der Waals surface area contributed by atoms with E-state index in [2.05, 4.69) is 46.9 Å². The number of hydrogen-bond donors (Lipinski definition) is 1. The first-order valence-electron chi connectivity index (χ1n) is 7.73. The van der Waals surface area contributed by atoms with Crippen molar-refractivity contribution < 1.29 is 0 Å². The van der Waals surface area contributed by atoms with Crippen LogP contribution in [0, 0.1) is 13.8 Å². The lowest BCUT2D eigenvalue weighted by molar-refractivity contribution is 0.581. The summed E-state index contributed by atoms with van der Waals surface area (Å²) in [6, 6.07) is 0.483. The summed E-state index contributed by atoms with van der Waals surface area (Å²) in [7, 11) is 0. The third-order valence-corrected chi connectivity index (χ3v) is 7.35. The Balaban J connectivity index is 2.15. The van der Waals surface area contributed by atoms with Crippen LogP contribution in [0.5, 0.6) is 0 Å². The zero-order valence-corrected chi connectivity index (χ0v) is 15.6. The molecule has 118 valence electrons. The van der Waals surface area contributed by atoms with Gasteiger partial charge in [0.15, 0.2) is 0 Å². The lowest BCUT2D eigenvalue weighted by Gasteiger charge is -2.30. The van der Waals surface area contributed by atoms with Gasteiger partial charge in [-0.2, -0.15) is 11.8 Å². The van der Waals surface area contributed by atoms with Crippen LogP contribution in [0.25, 0.3) is 0 Å². The summed E-state index contributed by atoms with van der Waals surface area (Å²) in [5.74, 6) is 2.15. The van der Waals surface area contributed by atoms with Crippen LogP contribution in [0.4, 0.5) is 0 Å². The molecule has 1 aliphatic rings. The third kappa shape index (κ3) is 4.36. The van der Waals surface area contributed by atoms with E-state index in [0.717, 1.165) is 34.8 Å². The largest absolute Gasteiger partial charge is 0.310 e. The summed E-state index contributed by atoms with van der Waals surface area (Å²) in [5, 5.41) is 5.29. The number of nitrogens with zero attached hydrogens (tertiary/aromatic N) is 2. The molecule has 0 aromatic carbocycles. The van der Waals surface area contributed by atoms with Gasteiger partial charge >= 0.3 is 0 Å². The minimum absolute atomic E-state index is 0.436. The molecule has 0 radical (unpaired) electrons. The molecule has 21 heavy (non-hydrogen) atoms. The number of aryl methyl sites for hydroxylation is 2. The van der Waals surface area contributed by atoms with Gasteiger partial charge in [-0.25, -0.2) is 9.97 Å². The molecule has 1 N–H and O–H groups in total. The first-order valence-corrected chi connectivity index (χ1v) is 9.72. The fourth-order valence-corrected chi connectivity index (χ4v) is 5.23. The molecule has 3 atom stereocenters. The summed E-state index contributed by atoms with van der Waals surface area (Å²) >= 11 is 4.07. The maximum atomic E-state index is 4.81. The quantitative estimate of drug-likeness (QED) is 0.909. The van der Waals surface area contributed by atoms with E-state index in [1.165, 1.54) is 5.56 Å². The van der Waals surface area contributed by atoms with E-state index < -0.39 is 0 Å². The van der Waals surface area contributed by atoms with E-state index in [1.807, 2.05) is 23.5 Å². The highest BCUT2D eigenvalue weighted by Gasteiger charge is 2.29. The Morgan fingerprint density at radius 2 is 1.76 bits per heavy atom. The molecule has 0 spiro atoms. The van der Waals surface area contributed by atoms with Crippen LogP contribution in [-0.2, 0) is 6.54 Å². The Labute approximate surface area is 137 Å². The molecule has 1 saturated heterocycles. The highest BCUT2D eigenvalue weighted by molar-refractivity contribution is 8.07. The predicted octanol–water partition coefficient (Wildman–Crippen LogP) is 3.89. The third-order valence-electron chi connectivity index (χ3n) is 3.96. The molecule has 5 heteroatoms. The fraction of sp³-hybridized carbons (Fsp3) is 0.750. The Bertz CT molecular complexity index is 467. The monoisotopic (exact) mass is 325 g/mol. The molecule has 3 unspecified atom stereocenters. The van der Waals surface area contributed by atoms with Crippen LogP contribution in [-0.4, -0.2) is 32.3 Å². The van der Waals surface area contributed by atoms with Crippen molar-refractivity contribution in [2.45, 2.75) is 69.9 Å². The standard InChI is InChI=1S/C16H27N3S2/c1-9(2)17-7-14-10(3)18-16(19-11(14)4)15-8-20-12(5)13(6)21-15/h9,12-13,15,17H,7-8H2,1-6H3. The van der Waals surface area contributed by atoms with E-state index in [0.29, 0.717) is 16.5 Å². The van der Waals surface area contributed by atoms with Crippen LogP contribution < -0.4 is 5.32 Å². The first kappa shape index (κ1) is 17.1. The smallest absolute Gasteiger partial charge is 0.142 e. The summed E-state index contributed by atoms with van der Waals surface area (Å²) < 4.78 is 0. The van der Waals surface area contributed by atoms with Crippen molar-refractivity contribution in [3.05, 3.63) is 22.8 Å². The minimum atomic E-state index is 0.436. The van der Waals surface area contributed by atoms with Gasteiger partial charge < -0.3 is 5.32 Å². The van der Waals surface area contributed by atoms with E-state index >= 15 is 0 Å². The maximum absolute atomic E-state index is 4.81. The van der Waals surface area contributed by atoms with Gasteiger partial charge in [-0.05, 0) is 13.8 Å². The van der Waals surface area contributed by atoms with E-state index in [-0.39, 0.29) is 0 Å². The topological polar surface area (TPSA) is 37.8 Å². The Kier molecular flexibility index (Phi) is 5.97. The van der Waals surface area contributed by atoms with E-state index in [4.69, 9.17) is 9.97 Å². The molecule has 0 saturated carbocycles. The molecular weight excluding hydrogens is 298 g/mol. The van der Waals surface area contributed by atoms with Crippen molar-refractivity contribution in [2.75, 3.05) is 5.75 Å².